The highest BCUT2D eigenvalue weighted by Gasteiger charge is 2.53. The van der Waals surface area contributed by atoms with Crippen LogP contribution in [0, 0.1) is 5.82 Å². The first-order valence-electron chi connectivity index (χ1n) is 14.9. The number of hydrogen-bond donors (Lipinski definition) is 2. The number of nitrogens with zero attached hydrogens (tertiary/aromatic N) is 2. The summed E-state index contributed by atoms with van der Waals surface area (Å²) >= 11 is 0. The van der Waals surface area contributed by atoms with Crippen molar-refractivity contribution in [2.75, 3.05) is 4.90 Å². The quantitative estimate of drug-likeness (QED) is 0.273. The SMILES string of the molecule is O=C(NC1CCCCCCC1)c1ccccc1N1C(=O)[C@@H]2Cc3c([nH]c4ccccc34)C(c3ccc(F)cc3)N2C1=O. The van der Waals surface area contributed by atoms with E-state index < -0.39 is 18.1 Å². The number of aromatic nitrogens is 1. The predicted molar refractivity (Wildman–Crippen MR) is 159 cm³/mol. The molecular weight excluding hydrogens is 531 g/mol. The highest BCUT2D eigenvalue weighted by molar-refractivity contribution is 6.24. The lowest BCUT2D eigenvalue weighted by Crippen LogP contribution is -2.44. The Kier molecular flexibility index (Phi) is 6.76. The Balaban J connectivity index is 1.27. The van der Waals surface area contributed by atoms with Gasteiger partial charge < -0.3 is 10.3 Å². The number of fused-ring (bicyclic) bond motifs is 4. The van der Waals surface area contributed by atoms with Crippen molar-refractivity contribution in [3.05, 3.63) is 101 Å². The summed E-state index contributed by atoms with van der Waals surface area (Å²) in [4.78, 5) is 48.3. The molecule has 8 heteroatoms. The zero-order chi connectivity index (χ0) is 28.8. The number of amides is 4. The van der Waals surface area contributed by atoms with Crippen molar-refractivity contribution < 1.29 is 18.8 Å². The number of benzene rings is 3. The lowest BCUT2D eigenvalue weighted by atomic mass is 9.89. The van der Waals surface area contributed by atoms with Gasteiger partial charge in [-0.25, -0.2) is 14.1 Å². The molecule has 4 amide bonds. The Hall–Kier alpha value is -4.46. The molecule has 2 aliphatic heterocycles. The minimum absolute atomic E-state index is 0.0725. The molecule has 3 aliphatic rings. The Morgan fingerprint density at radius 2 is 1.55 bits per heavy atom. The molecule has 0 bridgehead atoms. The fourth-order valence-electron chi connectivity index (χ4n) is 7.01. The monoisotopic (exact) mass is 564 g/mol. The molecule has 7 nitrogen and oxygen atoms in total. The number of hydrogen-bond acceptors (Lipinski definition) is 3. The first-order valence-corrected chi connectivity index (χ1v) is 14.9. The number of halogens is 1. The van der Waals surface area contributed by atoms with Gasteiger partial charge in [-0.3, -0.25) is 14.5 Å². The van der Waals surface area contributed by atoms with E-state index in [0.29, 0.717) is 17.5 Å². The van der Waals surface area contributed by atoms with Crippen LogP contribution in [0.15, 0.2) is 72.8 Å². The summed E-state index contributed by atoms with van der Waals surface area (Å²) < 4.78 is 13.9. The normalized spacial score (nSPS) is 21.2. The van der Waals surface area contributed by atoms with E-state index in [1.807, 2.05) is 24.3 Å². The predicted octanol–water partition coefficient (Wildman–Crippen LogP) is 6.63. The summed E-state index contributed by atoms with van der Waals surface area (Å²) in [5.74, 6) is -1.01. The van der Waals surface area contributed by atoms with Crippen LogP contribution in [0.25, 0.3) is 10.9 Å². The van der Waals surface area contributed by atoms with Crippen LogP contribution in [-0.4, -0.2) is 39.8 Å². The fourth-order valence-corrected chi connectivity index (χ4v) is 7.01. The lowest BCUT2D eigenvalue weighted by molar-refractivity contribution is -0.120. The molecule has 3 heterocycles. The van der Waals surface area contributed by atoms with E-state index in [2.05, 4.69) is 10.3 Å². The molecule has 7 rings (SSSR count). The van der Waals surface area contributed by atoms with Gasteiger partial charge in [0, 0.05) is 29.1 Å². The Morgan fingerprint density at radius 1 is 0.857 bits per heavy atom. The topological polar surface area (TPSA) is 85.5 Å². The van der Waals surface area contributed by atoms with Crippen LogP contribution >= 0.6 is 0 Å². The largest absolute Gasteiger partial charge is 0.356 e. The van der Waals surface area contributed by atoms with E-state index in [1.165, 1.54) is 36.3 Å². The molecule has 2 atom stereocenters. The van der Waals surface area contributed by atoms with Gasteiger partial charge >= 0.3 is 6.03 Å². The number of H-pyrrole nitrogens is 1. The second-order valence-electron chi connectivity index (χ2n) is 11.6. The molecule has 1 aliphatic carbocycles. The molecule has 42 heavy (non-hydrogen) atoms. The van der Waals surface area contributed by atoms with Crippen LogP contribution in [0.1, 0.15) is 78.2 Å². The van der Waals surface area contributed by atoms with Crippen LogP contribution in [0.4, 0.5) is 14.9 Å². The molecule has 3 aromatic carbocycles. The van der Waals surface area contributed by atoms with Gasteiger partial charge in [0.15, 0.2) is 0 Å². The van der Waals surface area contributed by atoms with Gasteiger partial charge in [-0.05, 0) is 54.3 Å². The highest BCUT2D eigenvalue weighted by atomic mass is 19.1. The van der Waals surface area contributed by atoms with Crippen molar-refractivity contribution in [3.63, 3.8) is 0 Å². The van der Waals surface area contributed by atoms with Gasteiger partial charge in [0.05, 0.1) is 11.3 Å². The molecular formula is C34H33FN4O3. The second-order valence-corrected chi connectivity index (χ2v) is 11.6. The molecule has 1 unspecified atom stereocenters. The number of imide groups is 1. The number of para-hydroxylation sites is 2. The first kappa shape index (κ1) is 26.4. The van der Waals surface area contributed by atoms with Gasteiger partial charge in [-0.1, -0.05) is 74.6 Å². The molecule has 0 radical (unpaired) electrons. The van der Waals surface area contributed by atoms with Gasteiger partial charge in [0.2, 0.25) is 0 Å². The maximum absolute atomic E-state index is 14.3. The molecule has 1 aromatic heterocycles. The number of carbonyl (C=O) groups is 3. The van der Waals surface area contributed by atoms with E-state index in [4.69, 9.17) is 0 Å². The number of rotatable bonds is 4. The van der Waals surface area contributed by atoms with E-state index >= 15 is 0 Å². The van der Waals surface area contributed by atoms with Crippen LogP contribution in [-0.2, 0) is 11.2 Å². The number of nitrogens with one attached hydrogen (secondary N) is 2. The minimum Gasteiger partial charge on any atom is -0.356 e. The number of anilines is 1. The lowest BCUT2D eigenvalue weighted by Gasteiger charge is -2.36. The Labute approximate surface area is 243 Å². The number of carbonyl (C=O) groups excluding carboxylic acids is 3. The average molecular weight is 565 g/mol. The summed E-state index contributed by atoms with van der Waals surface area (Å²) in [6.45, 7) is 0. The van der Waals surface area contributed by atoms with Crippen molar-refractivity contribution >= 4 is 34.4 Å². The van der Waals surface area contributed by atoms with Crippen molar-refractivity contribution in [2.45, 2.75) is 69.5 Å². The van der Waals surface area contributed by atoms with Gasteiger partial charge in [-0.2, -0.15) is 0 Å². The van der Waals surface area contributed by atoms with E-state index in [9.17, 15) is 18.8 Å². The molecule has 2 fully saturated rings. The summed E-state index contributed by atoms with van der Waals surface area (Å²) in [5, 5.41) is 4.18. The first-order chi connectivity index (χ1) is 20.5. The minimum atomic E-state index is -0.763. The molecule has 214 valence electrons. The number of urea groups is 1. The fraction of sp³-hybridized carbons (Fsp3) is 0.324. The van der Waals surface area contributed by atoms with Gasteiger partial charge in [0.25, 0.3) is 11.8 Å². The highest BCUT2D eigenvalue weighted by Crippen LogP contribution is 2.45. The summed E-state index contributed by atoms with van der Waals surface area (Å²) in [6.07, 6.45) is 7.92. The molecule has 4 aromatic rings. The maximum Gasteiger partial charge on any atom is 0.332 e. The molecule has 1 saturated heterocycles. The zero-order valence-electron chi connectivity index (χ0n) is 23.3. The van der Waals surface area contributed by atoms with Crippen LogP contribution in [0.5, 0.6) is 0 Å². The van der Waals surface area contributed by atoms with Crippen LogP contribution < -0.4 is 10.2 Å². The summed E-state index contributed by atoms with van der Waals surface area (Å²) in [5.41, 5.74) is 4.01. The van der Waals surface area contributed by atoms with E-state index in [1.54, 1.807) is 41.3 Å². The van der Waals surface area contributed by atoms with Gasteiger partial charge in [-0.15, -0.1) is 0 Å². The van der Waals surface area contributed by atoms with Crippen molar-refractivity contribution in [3.8, 4) is 0 Å². The van der Waals surface area contributed by atoms with Crippen molar-refractivity contribution in [1.29, 1.82) is 0 Å². The second kappa shape index (κ2) is 10.7. The molecule has 1 saturated carbocycles. The van der Waals surface area contributed by atoms with Crippen molar-refractivity contribution in [2.24, 2.45) is 0 Å². The third-order valence-electron chi connectivity index (χ3n) is 9.06. The number of aromatic amines is 1. The Morgan fingerprint density at radius 3 is 2.33 bits per heavy atom. The molecule has 0 spiro atoms. The van der Waals surface area contributed by atoms with Gasteiger partial charge in [0.1, 0.15) is 17.9 Å². The van der Waals surface area contributed by atoms with Crippen LogP contribution in [0.3, 0.4) is 0 Å². The van der Waals surface area contributed by atoms with E-state index in [0.717, 1.165) is 47.8 Å². The maximum atomic E-state index is 14.3. The Bertz CT molecular complexity index is 1670. The standard InChI is InChI=1S/C34H33FN4O3/c35-22-18-16-21(17-19-22)31-30-26(24-12-6-8-14-27(24)37-30)20-29-33(41)39(34(42)38(29)31)28-15-9-7-13-25(28)32(40)36-23-10-4-2-1-3-5-11-23/h6-9,12-19,23,29,31,37H,1-5,10-11,20H2,(H,36,40)/t29-,31?/m0/s1. The van der Waals surface area contributed by atoms with Crippen LogP contribution in [0.2, 0.25) is 0 Å². The zero-order valence-corrected chi connectivity index (χ0v) is 23.3. The third kappa shape index (κ3) is 4.46. The third-order valence-corrected chi connectivity index (χ3v) is 9.06. The molecule has 2 N–H and O–H groups in total. The van der Waals surface area contributed by atoms with E-state index in [-0.39, 0.29) is 29.4 Å². The average Bonchev–Trinajstić information content (AvgIpc) is 3.48. The summed E-state index contributed by atoms with van der Waals surface area (Å²) in [6, 6.07) is 19.0. The smallest absolute Gasteiger partial charge is 0.332 e. The summed E-state index contributed by atoms with van der Waals surface area (Å²) in [7, 11) is 0. The van der Waals surface area contributed by atoms with Crippen molar-refractivity contribution in [1.82, 2.24) is 15.2 Å².